The third-order valence-electron chi connectivity index (χ3n) is 5.06. The van der Waals surface area contributed by atoms with Gasteiger partial charge in [0.05, 0.1) is 29.5 Å². The molecule has 3 aromatic rings. The van der Waals surface area contributed by atoms with Crippen LogP contribution in [0.4, 0.5) is 5.69 Å². The highest BCUT2D eigenvalue weighted by molar-refractivity contribution is 6.01. The zero-order chi connectivity index (χ0) is 20.3. The van der Waals surface area contributed by atoms with E-state index in [1.54, 1.807) is 48.7 Å². The van der Waals surface area contributed by atoms with E-state index in [0.29, 0.717) is 47.9 Å². The van der Waals surface area contributed by atoms with Crippen molar-refractivity contribution in [3.05, 3.63) is 60.0 Å². The van der Waals surface area contributed by atoms with Gasteiger partial charge >= 0.3 is 5.97 Å². The molecule has 1 N–H and O–H groups in total. The molecule has 150 valence electrons. The molecule has 0 radical (unpaired) electrons. The van der Waals surface area contributed by atoms with Gasteiger partial charge in [-0.3, -0.25) is 4.79 Å². The van der Waals surface area contributed by atoms with Crippen molar-refractivity contribution in [2.24, 2.45) is 0 Å². The molecule has 0 saturated heterocycles. The molecule has 0 bridgehead atoms. The van der Waals surface area contributed by atoms with Crippen molar-refractivity contribution < 1.29 is 23.3 Å². The van der Waals surface area contributed by atoms with Crippen LogP contribution < -0.4 is 5.32 Å². The number of unbranched alkanes of at least 4 members (excludes halogenated alkanes) is 1. The lowest BCUT2D eigenvalue weighted by Crippen LogP contribution is -2.28. The molecule has 0 aliphatic heterocycles. The van der Waals surface area contributed by atoms with E-state index in [2.05, 4.69) is 10.5 Å². The van der Waals surface area contributed by atoms with E-state index in [1.807, 2.05) is 6.92 Å². The number of amides is 1. The fourth-order valence-electron chi connectivity index (χ4n) is 3.09. The summed E-state index contributed by atoms with van der Waals surface area (Å²) in [5.41, 5.74) is 0.977. The second kappa shape index (κ2) is 7.95. The lowest BCUT2D eigenvalue weighted by molar-refractivity contribution is -0.118. The SMILES string of the molecule is CCCCOC(=O)c1ccc(NC(=O)C2(c3cc(-c4ccco4)on3)CC2)cc1. The lowest BCUT2D eigenvalue weighted by atomic mass is 10.0. The summed E-state index contributed by atoms with van der Waals surface area (Å²) in [6, 6.07) is 12.0. The summed E-state index contributed by atoms with van der Waals surface area (Å²) in [5.74, 6) is 0.564. The molecular weight excluding hydrogens is 372 g/mol. The van der Waals surface area contributed by atoms with E-state index >= 15 is 0 Å². The first-order valence-electron chi connectivity index (χ1n) is 9.72. The predicted molar refractivity (Wildman–Crippen MR) is 105 cm³/mol. The van der Waals surface area contributed by atoms with E-state index in [-0.39, 0.29) is 11.9 Å². The Morgan fingerprint density at radius 1 is 1.17 bits per heavy atom. The van der Waals surface area contributed by atoms with Gasteiger partial charge in [0.2, 0.25) is 11.7 Å². The van der Waals surface area contributed by atoms with Crippen LogP contribution in [-0.2, 0) is 14.9 Å². The number of ether oxygens (including phenoxy) is 1. The van der Waals surface area contributed by atoms with Crippen molar-refractivity contribution in [2.45, 2.75) is 38.0 Å². The van der Waals surface area contributed by atoms with Gasteiger partial charge in [-0.1, -0.05) is 18.5 Å². The van der Waals surface area contributed by atoms with Crippen molar-refractivity contribution in [2.75, 3.05) is 11.9 Å². The van der Waals surface area contributed by atoms with Crippen molar-refractivity contribution in [1.82, 2.24) is 5.16 Å². The second-order valence-corrected chi connectivity index (χ2v) is 7.16. The van der Waals surface area contributed by atoms with Gasteiger partial charge in [0, 0.05) is 11.8 Å². The third-order valence-corrected chi connectivity index (χ3v) is 5.06. The molecule has 7 heteroatoms. The summed E-state index contributed by atoms with van der Waals surface area (Å²) in [4.78, 5) is 24.8. The number of rotatable bonds is 8. The van der Waals surface area contributed by atoms with E-state index in [0.717, 1.165) is 12.8 Å². The van der Waals surface area contributed by atoms with Gasteiger partial charge in [0.15, 0.2) is 5.76 Å². The molecule has 1 aromatic carbocycles. The first kappa shape index (κ1) is 19.0. The number of nitrogens with one attached hydrogen (secondary N) is 1. The van der Waals surface area contributed by atoms with E-state index in [9.17, 15) is 9.59 Å². The standard InChI is InChI=1S/C22H22N2O5/c1-2-3-12-28-20(25)15-6-8-16(9-7-15)23-21(26)22(10-11-22)19-14-18(29-24-19)17-5-4-13-27-17/h4-9,13-14H,2-3,10-12H2,1H3,(H,23,26). The fraction of sp³-hybridized carbons (Fsp3) is 0.318. The Morgan fingerprint density at radius 3 is 2.62 bits per heavy atom. The lowest BCUT2D eigenvalue weighted by Gasteiger charge is -2.12. The number of hydrogen-bond acceptors (Lipinski definition) is 6. The molecule has 2 aromatic heterocycles. The number of esters is 1. The van der Waals surface area contributed by atoms with Gasteiger partial charge in [-0.05, 0) is 55.7 Å². The smallest absolute Gasteiger partial charge is 0.338 e. The Hall–Kier alpha value is -3.35. The van der Waals surface area contributed by atoms with Gasteiger partial charge in [-0.25, -0.2) is 4.79 Å². The van der Waals surface area contributed by atoms with Gasteiger partial charge < -0.3 is 19.0 Å². The zero-order valence-corrected chi connectivity index (χ0v) is 16.1. The zero-order valence-electron chi connectivity index (χ0n) is 16.1. The summed E-state index contributed by atoms with van der Waals surface area (Å²) in [6.07, 6.45) is 4.76. The molecule has 1 saturated carbocycles. The van der Waals surface area contributed by atoms with Crippen LogP contribution in [0.1, 0.15) is 48.7 Å². The molecule has 0 spiro atoms. The van der Waals surface area contributed by atoms with Crippen LogP contribution >= 0.6 is 0 Å². The number of carbonyl (C=O) groups excluding carboxylic acids is 2. The molecule has 0 atom stereocenters. The van der Waals surface area contributed by atoms with Gasteiger partial charge in [-0.15, -0.1) is 0 Å². The van der Waals surface area contributed by atoms with Crippen LogP contribution in [0.5, 0.6) is 0 Å². The maximum Gasteiger partial charge on any atom is 0.338 e. The fourth-order valence-corrected chi connectivity index (χ4v) is 3.09. The van der Waals surface area contributed by atoms with E-state index < -0.39 is 5.41 Å². The van der Waals surface area contributed by atoms with Gasteiger partial charge in [-0.2, -0.15) is 0 Å². The van der Waals surface area contributed by atoms with Crippen LogP contribution in [0.25, 0.3) is 11.5 Å². The summed E-state index contributed by atoms with van der Waals surface area (Å²) >= 11 is 0. The van der Waals surface area contributed by atoms with Crippen LogP contribution in [0.2, 0.25) is 0 Å². The molecule has 7 nitrogen and oxygen atoms in total. The van der Waals surface area contributed by atoms with Crippen LogP contribution in [0.3, 0.4) is 0 Å². The Bertz CT molecular complexity index is 985. The highest BCUT2D eigenvalue weighted by atomic mass is 16.5. The first-order valence-corrected chi connectivity index (χ1v) is 9.72. The Labute approximate surface area is 168 Å². The average molecular weight is 394 g/mol. The molecule has 0 unspecified atom stereocenters. The Morgan fingerprint density at radius 2 is 1.97 bits per heavy atom. The second-order valence-electron chi connectivity index (χ2n) is 7.16. The first-order chi connectivity index (χ1) is 14.1. The van der Waals surface area contributed by atoms with Gasteiger partial charge in [0.25, 0.3) is 0 Å². The maximum absolute atomic E-state index is 12.9. The Kier molecular flexibility index (Phi) is 5.20. The number of anilines is 1. The molecular formula is C22H22N2O5. The topological polar surface area (TPSA) is 94.6 Å². The summed E-state index contributed by atoms with van der Waals surface area (Å²) in [6.45, 7) is 2.45. The van der Waals surface area contributed by atoms with Gasteiger partial charge in [0.1, 0.15) is 0 Å². The number of hydrogen-bond donors (Lipinski definition) is 1. The van der Waals surface area contributed by atoms with Crippen LogP contribution in [-0.4, -0.2) is 23.6 Å². The van der Waals surface area contributed by atoms with E-state index in [4.69, 9.17) is 13.7 Å². The minimum Gasteiger partial charge on any atom is -0.462 e. The molecule has 1 amide bonds. The summed E-state index contributed by atoms with van der Waals surface area (Å²) in [5, 5.41) is 6.99. The quantitative estimate of drug-likeness (QED) is 0.444. The molecule has 1 fully saturated rings. The minimum atomic E-state index is -0.688. The van der Waals surface area contributed by atoms with Crippen molar-refractivity contribution in [3.8, 4) is 11.5 Å². The summed E-state index contributed by atoms with van der Waals surface area (Å²) in [7, 11) is 0. The third kappa shape index (κ3) is 3.94. The minimum absolute atomic E-state index is 0.143. The molecule has 4 rings (SSSR count). The average Bonchev–Trinajstić information content (AvgIpc) is 3.14. The van der Waals surface area contributed by atoms with Crippen LogP contribution in [0, 0.1) is 0 Å². The number of benzene rings is 1. The Balaban J connectivity index is 1.41. The normalized spacial score (nSPS) is 14.4. The molecule has 29 heavy (non-hydrogen) atoms. The van der Waals surface area contributed by atoms with Crippen LogP contribution in [0.15, 0.2) is 57.7 Å². The number of furan rings is 1. The molecule has 1 aliphatic carbocycles. The van der Waals surface area contributed by atoms with E-state index in [1.165, 1.54) is 0 Å². The van der Waals surface area contributed by atoms with Crippen molar-refractivity contribution >= 4 is 17.6 Å². The monoisotopic (exact) mass is 394 g/mol. The number of carbonyl (C=O) groups is 2. The molecule has 2 heterocycles. The maximum atomic E-state index is 12.9. The number of nitrogens with zero attached hydrogens (tertiary/aromatic N) is 1. The predicted octanol–water partition coefficient (Wildman–Crippen LogP) is 4.56. The van der Waals surface area contributed by atoms with Crippen molar-refractivity contribution in [3.63, 3.8) is 0 Å². The highest BCUT2D eigenvalue weighted by Crippen LogP contribution is 2.49. The summed E-state index contributed by atoms with van der Waals surface area (Å²) < 4.78 is 15.8. The van der Waals surface area contributed by atoms with Crippen molar-refractivity contribution in [1.29, 1.82) is 0 Å². The highest BCUT2D eigenvalue weighted by Gasteiger charge is 2.54. The molecule has 1 aliphatic rings. The largest absolute Gasteiger partial charge is 0.462 e. The number of aromatic nitrogens is 1.